The number of urea groups is 1. The van der Waals surface area contributed by atoms with E-state index < -0.39 is 6.03 Å². The zero-order valence-electron chi connectivity index (χ0n) is 10.8. The summed E-state index contributed by atoms with van der Waals surface area (Å²) in [7, 11) is 1.46. The third-order valence-corrected chi connectivity index (χ3v) is 3.07. The highest BCUT2D eigenvalue weighted by molar-refractivity contribution is 6.06. The van der Waals surface area contributed by atoms with Crippen LogP contribution < -0.4 is 15.0 Å². The number of hydrogen-bond acceptors (Lipinski definition) is 3. The summed E-state index contributed by atoms with van der Waals surface area (Å²) in [5.41, 5.74) is 0.858. The molecule has 0 atom stereocenters. The van der Waals surface area contributed by atoms with E-state index in [2.05, 4.69) is 5.32 Å². The monoisotopic (exact) mass is 266 g/mol. The van der Waals surface area contributed by atoms with Crippen LogP contribution in [0.25, 0.3) is 0 Å². The van der Waals surface area contributed by atoms with Gasteiger partial charge in [-0.2, -0.15) is 0 Å². The first-order valence-electron chi connectivity index (χ1n) is 6.04. The quantitative estimate of drug-likeness (QED) is 0.908. The third kappa shape index (κ3) is 2.52. The van der Waals surface area contributed by atoms with Crippen molar-refractivity contribution in [2.45, 2.75) is 19.8 Å². The van der Waals surface area contributed by atoms with Gasteiger partial charge in [-0.05, 0) is 18.1 Å². The highest BCUT2D eigenvalue weighted by Gasteiger charge is 2.27. The van der Waals surface area contributed by atoms with Gasteiger partial charge in [0.15, 0.2) is 0 Å². The number of amides is 3. The van der Waals surface area contributed by atoms with Crippen molar-refractivity contribution in [2.75, 3.05) is 18.6 Å². The normalized spacial score (nSPS) is 15.4. The molecule has 1 fully saturated rings. The van der Waals surface area contributed by atoms with Crippen LogP contribution in [0.5, 0.6) is 5.75 Å². The summed E-state index contributed by atoms with van der Waals surface area (Å²) in [5, 5.41) is 2.20. The maximum Gasteiger partial charge on any atom is 0.328 e. The van der Waals surface area contributed by atoms with E-state index in [4.69, 9.17) is 4.74 Å². The van der Waals surface area contributed by atoms with Gasteiger partial charge in [-0.15, -0.1) is 0 Å². The minimum absolute atomic E-state index is 0.187. The van der Waals surface area contributed by atoms with Crippen molar-refractivity contribution in [3.8, 4) is 5.75 Å². The maximum absolute atomic E-state index is 13.8. The Bertz CT molecular complexity index is 531. The molecule has 1 aliphatic heterocycles. The molecule has 1 aromatic carbocycles. The SMILES string of the molecule is CCc1cc(OC)c(N2CCC(=O)NC2=O)cc1F. The molecule has 0 radical (unpaired) electrons. The van der Waals surface area contributed by atoms with Crippen LogP contribution in [0.15, 0.2) is 12.1 Å². The van der Waals surface area contributed by atoms with Crippen LogP contribution in [-0.2, 0) is 11.2 Å². The number of nitrogens with one attached hydrogen (secondary N) is 1. The molecule has 0 spiro atoms. The molecule has 1 aliphatic rings. The van der Waals surface area contributed by atoms with Crippen LogP contribution in [-0.4, -0.2) is 25.6 Å². The highest BCUT2D eigenvalue weighted by Crippen LogP contribution is 2.32. The van der Waals surface area contributed by atoms with Gasteiger partial charge in [-0.25, -0.2) is 9.18 Å². The van der Waals surface area contributed by atoms with Gasteiger partial charge in [-0.3, -0.25) is 15.0 Å². The highest BCUT2D eigenvalue weighted by atomic mass is 19.1. The molecular weight excluding hydrogens is 251 g/mol. The number of anilines is 1. The Labute approximate surface area is 110 Å². The molecule has 0 aromatic heterocycles. The molecule has 0 aliphatic carbocycles. The van der Waals surface area contributed by atoms with Crippen LogP contribution >= 0.6 is 0 Å². The first-order chi connectivity index (χ1) is 9.06. The standard InChI is InChI=1S/C13H15FN2O3/c1-3-8-6-11(19-2)10(7-9(8)14)16-5-4-12(17)15-13(16)18/h6-7H,3-5H2,1-2H3,(H,15,17,18). The number of hydrogen-bond donors (Lipinski definition) is 1. The van der Waals surface area contributed by atoms with E-state index in [1.54, 1.807) is 6.07 Å². The van der Waals surface area contributed by atoms with Gasteiger partial charge >= 0.3 is 6.03 Å². The van der Waals surface area contributed by atoms with Crippen molar-refractivity contribution < 1.29 is 18.7 Å². The molecule has 3 amide bonds. The second-order valence-electron chi connectivity index (χ2n) is 4.22. The van der Waals surface area contributed by atoms with Crippen molar-refractivity contribution in [1.29, 1.82) is 0 Å². The second-order valence-corrected chi connectivity index (χ2v) is 4.22. The maximum atomic E-state index is 13.8. The molecule has 1 N–H and O–H groups in total. The fraction of sp³-hybridized carbons (Fsp3) is 0.385. The largest absolute Gasteiger partial charge is 0.495 e. The summed E-state index contributed by atoms with van der Waals surface area (Å²) in [6.45, 7) is 2.05. The van der Waals surface area contributed by atoms with E-state index in [-0.39, 0.29) is 24.7 Å². The van der Waals surface area contributed by atoms with Crippen LogP contribution in [0.1, 0.15) is 18.9 Å². The van der Waals surface area contributed by atoms with Crippen molar-refractivity contribution in [1.82, 2.24) is 5.32 Å². The van der Waals surface area contributed by atoms with Crippen LogP contribution in [0.3, 0.4) is 0 Å². The van der Waals surface area contributed by atoms with Crippen molar-refractivity contribution >= 4 is 17.6 Å². The minimum Gasteiger partial charge on any atom is -0.495 e. The Morgan fingerprint density at radius 2 is 2.16 bits per heavy atom. The molecule has 5 nitrogen and oxygen atoms in total. The van der Waals surface area contributed by atoms with Crippen LogP contribution in [0, 0.1) is 5.82 Å². The number of halogens is 1. The summed E-state index contributed by atoms with van der Waals surface area (Å²) in [6, 6.07) is 2.29. The Morgan fingerprint density at radius 1 is 1.42 bits per heavy atom. The van der Waals surface area contributed by atoms with Gasteiger partial charge in [-0.1, -0.05) is 6.92 Å². The average molecular weight is 266 g/mol. The zero-order valence-corrected chi connectivity index (χ0v) is 10.8. The van der Waals surface area contributed by atoms with Gasteiger partial charge in [0, 0.05) is 19.0 Å². The first-order valence-corrected chi connectivity index (χ1v) is 6.04. The third-order valence-electron chi connectivity index (χ3n) is 3.07. The summed E-state index contributed by atoms with van der Waals surface area (Å²) < 4.78 is 19.0. The number of ether oxygens (including phenoxy) is 1. The molecule has 0 bridgehead atoms. The lowest BCUT2D eigenvalue weighted by Gasteiger charge is -2.28. The number of aryl methyl sites for hydroxylation is 1. The topological polar surface area (TPSA) is 58.6 Å². The molecular formula is C13H15FN2O3. The number of nitrogens with zero attached hydrogens (tertiary/aromatic N) is 1. The summed E-state index contributed by atoms with van der Waals surface area (Å²) in [5.74, 6) is -0.295. The zero-order chi connectivity index (χ0) is 14.0. The van der Waals surface area contributed by atoms with Gasteiger partial charge < -0.3 is 4.74 Å². The van der Waals surface area contributed by atoms with Crippen molar-refractivity contribution in [2.24, 2.45) is 0 Å². The second kappa shape index (κ2) is 5.26. The number of methoxy groups -OCH3 is 1. The number of carbonyl (C=O) groups is 2. The summed E-state index contributed by atoms with van der Waals surface area (Å²) in [6.07, 6.45) is 0.721. The van der Waals surface area contributed by atoms with E-state index in [1.165, 1.54) is 18.1 Å². The van der Waals surface area contributed by atoms with Crippen molar-refractivity contribution in [3.05, 3.63) is 23.5 Å². The molecule has 1 aromatic rings. The number of imide groups is 1. The molecule has 6 heteroatoms. The van der Waals surface area contributed by atoms with E-state index in [9.17, 15) is 14.0 Å². The minimum atomic E-state index is -0.557. The van der Waals surface area contributed by atoms with E-state index in [0.29, 0.717) is 23.4 Å². The summed E-state index contributed by atoms with van der Waals surface area (Å²) in [4.78, 5) is 24.2. The first kappa shape index (κ1) is 13.3. The Morgan fingerprint density at radius 3 is 2.74 bits per heavy atom. The van der Waals surface area contributed by atoms with Gasteiger partial charge in [0.05, 0.1) is 12.8 Å². The Balaban J connectivity index is 2.41. The molecule has 2 rings (SSSR count). The average Bonchev–Trinajstić information content (AvgIpc) is 2.38. The molecule has 102 valence electrons. The summed E-state index contributed by atoms with van der Waals surface area (Å²) >= 11 is 0. The van der Waals surface area contributed by atoms with Crippen LogP contribution in [0.2, 0.25) is 0 Å². The van der Waals surface area contributed by atoms with E-state index >= 15 is 0 Å². The van der Waals surface area contributed by atoms with E-state index in [1.807, 2.05) is 6.92 Å². The molecule has 0 saturated carbocycles. The smallest absolute Gasteiger partial charge is 0.328 e. The fourth-order valence-electron chi connectivity index (χ4n) is 2.02. The Kier molecular flexibility index (Phi) is 3.69. The van der Waals surface area contributed by atoms with Crippen LogP contribution in [0.4, 0.5) is 14.9 Å². The number of rotatable bonds is 3. The molecule has 1 heterocycles. The predicted molar refractivity (Wildman–Crippen MR) is 67.8 cm³/mol. The number of benzene rings is 1. The molecule has 19 heavy (non-hydrogen) atoms. The number of carbonyl (C=O) groups excluding carboxylic acids is 2. The molecule has 0 unspecified atom stereocenters. The fourth-order valence-corrected chi connectivity index (χ4v) is 2.02. The lowest BCUT2D eigenvalue weighted by atomic mass is 10.1. The van der Waals surface area contributed by atoms with Gasteiger partial charge in [0.1, 0.15) is 11.6 Å². The van der Waals surface area contributed by atoms with Crippen molar-refractivity contribution in [3.63, 3.8) is 0 Å². The van der Waals surface area contributed by atoms with Gasteiger partial charge in [0.25, 0.3) is 0 Å². The van der Waals surface area contributed by atoms with Gasteiger partial charge in [0.2, 0.25) is 5.91 Å². The molecule has 1 saturated heterocycles. The van der Waals surface area contributed by atoms with E-state index in [0.717, 1.165) is 0 Å². The predicted octanol–water partition coefficient (Wildman–Crippen LogP) is 1.84. The Hall–Kier alpha value is -2.11. The lowest BCUT2D eigenvalue weighted by Crippen LogP contribution is -2.49. The lowest BCUT2D eigenvalue weighted by molar-refractivity contribution is -0.120.